The molecule has 2 aromatic rings. The number of hydrogen-bond acceptors (Lipinski definition) is 7. The second-order valence-electron chi connectivity index (χ2n) is 9.60. The van der Waals surface area contributed by atoms with Gasteiger partial charge in [-0.15, -0.1) is 6.42 Å². The number of benzene rings is 1. The van der Waals surface area contributed by atoms with E-state index in [1.807, 2.05) is 13.9 Å². The first-order chi connectivity index (χ1) is 16.6. The molecule has 3 rings (SSSR count). The number of alkyl carbamates (subject to hydrolysis) is 1. The fourth-order valence-corrected chi connectivity index (χ4v) is 3.86. The van der Waals surface area contributed by atoms with E-state index in [9.17, 15) is 9.59 Å². The first-order valence-corrected chi connectivity index (χ1v) is 11.7. The van der Waals surface area contributed by atoms with Crippen molar-refractivity contribution in [3.63, 3.8) is 0 Å². The third kappa shape index (κ3) is 7.37. The van der Waals surface area contributed by atoms with E-state index in [4.69, 9.17) is 15.9 Å². The van der Waals surface area contributed by atoms with Crippen molar-refractivity contribution in [3.05, 3.63) is 30.5 Å². The van der Waals surface area contributed by atoms with Crippen molar-refractivity contribution in [2.24, 2.45) is 0 Å². The Hall–Kier alpha value is -3.74. The van der Waals surface area contributed by atoms with Crippen LogP contribution in [-0.4, -0.2) is 47.6 Å². The van der Waals surface area contributed by atoms with Gasteiger partial charge in [-0.1, -0.05) is 31.2 Å². The van der Waals surface area contributed by atoms with E-state index >= 15 is 0 Å². The van der Waals surface area contributed by atoms with Gasteiger partial charge < -0.3 is 25.4 Å². The van der Waals surface area contributed by atoms with E-state index in [-0.39, 0.29) is 12.5 Å². The van der Waals surface area contributed by atoms with E-state index in [1.54, 1.807) is 45.2 Å². The number of ether oxygens (including phenoxy) is 2. The number of carbonyl (C=O) groups is 2. The maximum absolute atomic E-state index is 13.4. The van der Waals surface area contributed by atoms with E-state index in [0.29, 0.717) is 36.0 Å². The summed E-state index contributed by atoms with van der Waals surface area (Å²) in [4.78, 5) is 34.5. The van der Waals surface area contributed by atoms with Gasteiger partial charge in [0.25, 0.3) is 0 Å². The van der Waals surface area contributed by atoms with Gasteiger partial charge in [0, 0.05) is 17.6 Å². The lowest BCUT2D eigenvalue weighted by Crippen LogP contribution is -2.58. The maximum atomic E-state index is 13.4. The van der Waals surface area contributed by atoms with Crippen LogP contribution in [0.5, 0.6) is 5.88 Å². The van der Waals surface area contributed by atoms with Gasteiger partial charge in [-0.2, -0.15) is 4.98 Å². The molecule has 1 fully saturated rings. The molecule has 0 unspecified atom stereocenters. The molecule has 0 bridgehead atoms. The summed E-state index contributed by atoms with van der Waals surface area (Å²) >= 11 is 0. The second-order valence-corrected chi connectivity index (χ2v) is 9.60. The van der Waals surface area contributed by atoms with Crippen molar-refractivity contribution in [2.45, 2.75) is 64.0 Å². The number of terminal acetylenes is 1. The molecule has 1 aromatic heterocycles. The Kier molecular flexibility index (Phi) is 8.23. The lowest BCUT2D eigenvalue weighted by atomic mass is 9.81. The Morgan fingerprint density at radius 1 is 1.20 bits per heavy atom. The minimum Gasteiger partial charge on any atom is -0.465 e. The van der Waals surface area contributed by atoms with E-state index in [1.165, 1.54) is 0 Å². The Morgan fingerprint density at radius 2 is 1.91 bits per heavy atom. The highest BCUT2D eigenvalue weighted by Crippen LogP contribution is 2.30. The molecule has 35 heavy (non-hydrogen) atoms. The molecule has 1 aliphatic carbocycles. The molecule has 0 atom stereocenters. The van der Waals surface area contributed by atoms with E-state index < -0.39 is 17.2 Å². The predicted molar refractivity (Wildman–Crippen MR) is 138 cm³/mol. The highest BCUT2D eigenvalue weighted by molar-refractivity contribution is 6.33. The third-order valence-corrected chi connectivity index (χ3v) is 5.48. The summed E-state index contributed by atoms with van der Waals surface area (Å²) in [5, 5.41) is 8.93. The van der Waals surface area contributed by atoms with Crippen LogP contribution in [0, 0.1) is 12.3 Å². The quantitative estimate of drug-likeness (QED) is 0.415. The predicted octanol–water partition coefficient (Wildman–Crippen LogP) is 2.66. The smallest absolute Gasteiger partial charge is 0.408 e. The van der Waals surface area contributed by atoms with Gasteiger partial charge in [0.05, 0.1) is 0 Å². The van der Waals surface area contributed by atoms with Gasteiger partial charge in [-0.3, -0.25) is 4.79 Å². The average Bonchev–Trinajstić information content (AvgIpc) is 2.79. The number of nitrogens with one attached hydrogen (secondary N) is 3. The number of rotatable bonds is 7. The van der Waals surface area contributed by atoms with Crippen molar-refractivity contribution >= 4 is 42.6 Å². The van der Waals surface area contributed by atoms with Crippen molar-refractivity contribution in [1.82, 2.24) is 15.3 Å². The number of aromatic nitrogens is 2. The van der Waals surface area contributed by atoms with Crippen molar-refractivity contribution in [3.8, 4) is 18.2 Å². The number of carbonyl (C=O) groups excluding carboxylic acids is 2. The minimum atomic E-state index is -1.02. The summed E-state index contributed by atoms with van der Waals surface area (Å²) in [7, 11) is 1.83. The second kappa shape index (κ2) is 11.1. The summed E-state index contributed by atoms with van der Waals surface area (Å²) in [6, 6.07) is 7.19. The molecule has 3 N–H and O–H groups in total. The van der Waals surface area contributed by atoms with Crippen LogP contribution in [0.15, 0.2) is 30.5 Å². The Balaban J connectivity index is 1.73. The van der Waals surface area contributed by atoms with Crippen LogP contribution in [-0.2, 0) is 9.53 Å². The summed E-state index contributed by atoms with van der Waals surface area (Å²) in [6.07, 6.45) is 10.1. The molecule has 184 valence electrons. The SMILES string of the molecule is Bc1cnc(Nc2cccc(NC(=O)C3(NC(=O)OC(C)(C)C)CCCCC3)c2)nc1OCC#C. The van der Waals surface area contributed by atoms with Gasteiger partial charge in [-0.05, 0) is 57.3 Å². The zero-order valence-electron chi connectivity index (χ0n) is 20.7. The highest BCUT2D eigenvalue weighted by atomic mass is 16.6. The van der Waals surface area contributed by atoms with Crippen LogP contribution < -0.4 is 26.2 Å². The van der Waals surface area contributed by atoms with Gasteiger partial charge >= 0.3 is 6.09 Å². The van der Waals surface area contributed by atoms with Crippen LogP contribution in [0.1, 0.15) is 52.9 Å². The standard InChI is InChI=1S/C25H32BN5O4/c1-5-14-34-20-19(26)16-27-22(30-20)29-18-11-9-10-17(15-18)28-21(32)25(12-7-6-8-13-25)31-23(33)35-24(2,3)4/h1,9-11,15-16H,6-8,12-14,26H2,2-4H3,(H,28,32)(H,31,33)(H,27,29,30). The Morgan fingerprint density at radius 3 is 2.60 bits per heavy atom. The summed E-state index contributed by atoms with van der Waals surface area (Å²) in [5.74, 6) is 2.88. The molecule has 1 heterocycles. The molecule has 0 spiro atoms. The molecule has 1 aromatic carbocycles. The van der Waals surface area contributed by atoms with Crippen LogP contribution in [0.4, 0.5) is 22.1 Å². The van der Waals surface area contributed by atoms with Gasteiger partial charge in [-0.25, -0.2) is 9.78 Å². The normalized spacial score (nSPS) is 14.8. The molecular formula is C25H32BN5O4. The van der Waals surface area contributed by atoms with Crippen LogP contribution in [0.3, 0.4) is 0 Å². The molecule has 0 saturated heterocycles. The zero-order valence-corrected chi connectivity index (χ0v) is 20.7. The van der Waals surface area contributed by atoms with Crippen LogP contribution in [0.25, 0.3) is 0 Å². The first-order valence-electron chi connectivity index (χ1n) is 11.7. The number of nitrogens with zero attached hydrogens (tertiary/aromatic N) is 2. The molecule has 9 nitrogen and oxygen atoms in total. The molecule has 1 aliphatic rings. The summed E-state index contributed by atoms with van der Waals surface area (Å²) < 4.78 is 10.9. The average molecular weight is 477 g/mol. The van der Waals surface area contributed by atoms with Gasteiger partial charge in [0.2, 0.25) is 17.7 Å². The molecule has 0 aliphatic heterocycles. The van der Waals surface area contributed by atoms with Crippen molar-refractivity contribution in [1.29, 1.82) is 0 Å². The molecule has 1 saturated carbocycles. The minimum absolute atomic E-state index is 0.109. The first kappa shape index (κ1) is 25.9. The number of anilines is 3. The van der Waals surface area contributed by atoms with E-state index in [0.717, 1.165) is 24.7 Å². The van der Waals surface area contributed by atoms with Crippen LogP contribution in [0.2, 0.25) is 0 Å². The lowest BCUT2D eigenvalue weighted by molar-refractivity contribution is -0.123. The molecule has 10 heteroatoms. The fraction of sp³-hybridized carbons (Fsp3) is 0.440. The largest absolute Gasteiger partial charge is 0.465 e. The van der Waals surface area contributed by atoms with Gasteiger partial charge in [0.15, 0.2) is 6.61 Å². The monoisotopic (exact) mass is 477 g/mol. The maximum Gasteiger partial charge on any atom is 0.408 e. The van der Waals surface area contributed by atoms with Crippen LogP contribution >= 0.6 is 0 Å². The third-order valence-electron chi connectivity index (χ3n) is 5.48. The van der Waals surface area contributed by atoms with Crippen molar-refractivity contribution < 1.29 is 19.1 Å². The van der Waals surface area contributed by atoms with Gasteiger partial charge in [0.1, 0.15) is 19.0 Å². The molecule has 0 radical (unpaired) electrons. The zero-order chi connectivity index (χ0) is 25.5. The fourth-order valence-electron chi connectivity index (χ4n) is 3.86. The summed E-state index contributed by atoms with van der Waals surface area (Å²) in [6.45, 7) is 5.49. The number of hydrogen-bond donors (Lipinski definition) is 3. The summed E-state index contributed by atoms with van der Waals surface area (Å²) in [5.41, 5.74) is 0.342. The molecule has 2 amide bonds. The topological polar surface area (TPSA) is 114 Å². The molecular weight excluding hydrogens is 445 g/mol. The van der Waals surface area contributed by atoms with E-state index in [2.05, 4.69) is 31.8 Å². The Labute approximate surface area is 207 Å². The van der Waals surface area contributed by atoms with Crippen molar-refractivity contribution in [2.75, 3.05) is 17.2 Å². The number of amides is 2. The lowest BCUT2D eigenvalue weighted by Gasteiger charge is -2.37. The highest BCUT2D eigenvalue weighted by Gasteiger charge is 2.42. The Bertz CT molecular complexity index is 1100.